The molecule has 0 saturated carbocycles. The van der Waals surface area contributed by atoms with Crippen LogP contribution < -0.4 is 4.72 Å². The second-order valence-electron chi connectivity index (χ2n) is 6.01. The Bertz CT molecular complexity index is 799. The van der Waals surface area contributed by atoms with Gasteiger partial charge in [-0.2, -0.15) is 0 Å². The standard InChI is InChI=1S/C17H20ClNO6S/c1-2-23-16(20)14-11-17(24-9-10-25-17)8-7-15(14)26(21,22)19-13-5-3-12(18)4-6-13/h3-6,11,15,19H,2,7-10H2,1H3. The molecule has 1 unspecified atom stereocenters. The number of rotatable bonds is 5. The van der Waals surface area contributed by atoms with E-state index in [1.54, 1.807) is 31.2 Å². The Hall–Kier alpha value is -1.61. The van der Waals surface area contributed by atoms with Crippen molar-refractivity contribution >= 4 is 33.3 Å². The molecule has 1 heterocycles. The Morgan fingerprint density at radius 3 is 2.58 bits per heavy atom. The molecule has 1 saturated heterocycles. The third-order valence-electron chi connectivity index (χ3n) is 4.24. The summed E-state index contributed by atoms with van der Waals surface area (Å²) in [6.45, 7) is 2.59. The molecule has 7 nitrogen and oxygen atoms in total. The van der Waals surface area contributed by atoms with Gasteiger partial charge in [-0.05, 0) is 43.7 Å². The first-order valence-electron chi connectivity index (χ1n) is 8.30. The summed E-state index contributed by atoms with van der Waals surface area (Å²) in [5, 5.41) is -0.564. The van der Waals surface area contributed by atoms with Crippen LogP contribution in [0.15, 0.2) is 35.9 Å². The molecule has 0 amide bonds. The van der Waals surface area contributed by atoms with Gasteiger partial charge in [0.15, 0.2) is 5.79 Å². The lowest BCUT2D eigenvalue weighted by Crippen LogP contribution is -2.42. The Kier molecular flexibility index (Phi) is 5.57. The molecule has 1 N–H and O–H groups in total. The molecule has 3 rings (SSSR count). The molecule has 1 aliphatic heterocycles. The number of anilines is 1. The lowest BCUT2D eigenvalue weighted by molar-refractivity contribution is -0.143. The van der Waals surface area contributed by atoms with Gasteiger partial charge < -0.3 is 14.2 Å². The minimum absolute atomic E-state index is 0.0291. The highest BCUT2D eigenvalue weighted by Gasteiger charge is 2.46. The summed E-state index contributed by atoms with van der Waals surface area (Å²) in [4.78, 5) is 12.4. The maximum atomic E-state index is 12.9. The molecular weight excluding hydrogens is 382 g/mol. The van der Waals surface area contributed by atoms with Gasteiger partial charge in [-0.15, -0.1) is 0 Å². The first kappa shape index (κ1) is 19.2. The van der Waals surface area contributed by atoms with Crippen molar-refractivity contribution in [3.05, 3.63) is 40.9 Å². The molecule has 1 aromatic rings. The lowest BCUT2D eigenvalue weighted by atomic mass is 9.94. The van der Waals surface area contributed by atoms with Crippen LogP contribution in [-0.2, 0) is 29.0 Å². The average Bonchev–Trinajstić information content (AvgIpc) is 3.04. The minimum Gasteiger partial charge on any atom is -0.463 e. The summed E-state index contributed by atoms with van der Waals surface area (Å²) in [7, 11) is -3.88. The van der Waals surface area contributed by atoms with Gasteiger partial charge in [-0.3, -0.25) is 4.72 Å². The molecule has 2 aliphatic rings. The van der Waals surface area contributed by atoms with Crippen LogP contribution in [0.1, 0.15) is 19.8 Å². The van der Waals surface area contributed by atoms with E-state index in [0.717, 1.165) is 0 Å². The fourth-order valence-electron chi connectivity index (χ4n) is 3.07. The van der Waals surface area contributed by atoms with Gasteiger partial charge in [-0.1, -0.05) is 11.6 Å². The van der Waals surface area contributed by atoms with E-state index in [1.807, 2.05) is 0 Å². The van der Waals surface area contributed by atoms with Crippen molar-refractivity contribution in [2.24, 2.45) is 0 Å². The third kappa shape index (κ3) is 4.03. The molecule has 1 atom stereocenters. The monoisotopic (exact) mass is 401 g/mol. The molecule has 1 fully saturated rings. The number of esters is 1. The Morgan fingerprint density at radius 1 is 1.31 bits per heavy atom. The number of ether oxygens (including phenoxy) is 3. The third-order valence-corrected chi connectivity index (χ3v) is 6.25. The zero-order valence-electron chi connectivity index (χ0n) is 14.2. The number of halogens is 1. The number of sulfonamides is 1. The zero-order chi connectivity index (χ0) is 18.8. The van der Waals surface area contributed by atoms with Crippen molar-refractivity contribution in [1.29, 1.82) is 0 Å². The van der Waals surface area contributed by atoms with Crippen molar-refractivity contribution in [2.45, 2.75) is 30.8 Å². The molecule has 26 heavy (non-hydrogen) atoms. The fourth-order valence-corrected chi connectivity index (χ4v) is 4.73. The number of nitrogens with one attached hydrogen (secondary N) is 1. The normalized spacial score (nSPS) is 22.1. The predicted octanol–water partition coefficient (Wildman–Crippen LogP) is 2.48. The highest BCUT2D eigenvalue weighted by Crippen LogP contribution is 2.37. The molecule has 142 valence electrons. The maximum absolute atomic E-state index is 12.9. The topological polar surface area (TPSA) is 90.9 Å². The van der Waals surface area contributed by atoms with Crippen LogP contribution in [0.4, 0.5) is 5.69 Å². The summed E-state index contributed by atoms with van der Waals surface area (Å²) >= 11 is 5.83. The van der Waals surface area contributed by atoms with Gasteiger partial charge >= 0.3 is 5.97 Å². The minimum atomic E-state index is -3.88. The predicted molar refractivity (Wildman–Crippen MR) is 96.4 cm³/mol. The second-order valence-corrected chi connectivity index (χ2v) is 8.31. The molecule has 9 heteroatoms. The number of carbonyl (C=O) groups is 1. The van der Waals surface area contributed by atoms with Crippen molar-refractivity contribution in [1.82, 2.24) is 0 Å². The number of carbonyl (C=O) groups excluding carboxylic acids is 1. The molecular formula is C17H20ClNO6S. The van der Waals surface area contributed by atoms with E-state index in [9.17, 15) is 13.2 Å². The summed E-state index contributed by atoms with van der Waals surface area (Å²) in [5.74, 6) is -1.73. The van der Waals surface area contributed by atoms with E-state index in [1.165, 1.54) is 6.08 Å². The first-order valence-corrected chi connectivity index (χ1v) is 10.2. The quantitative estimate of drug-likeness (QED) is 0.762. The SMILES string of the molecule is CCOC(=O)C1=CC2(CCC1S(=O)(=O)Nc1ccc(Cl)cc1)OCCO2. The molecule has 1 spiro atoms. The van der Waals surface area contributed by atoms with Crippen LogP contribution in [0.2, 0.25) is 5.02 Å². The van der Waals surface area contributed by atoms with Gasteiger partial charge in [-0.25, -0.2) is 13.2 Å². The van der Waals surface area contributed by atoms with Crippen LogP contribution in [0.5, 0.6) is 0 Å². The van der Waals surface area contributed by atoms with E-state index in [4.69, 9.17) is 25.8 Å². The van der Waals surface area contributed by atoms with Crippen LogP contribution in [-0.4, -0.2) is 45.2 Å². The Morgan fingerprint density at radius 2 is 1.96 bits per heavy atom. The van der Waals surface area contributed by atoms with Gasteiger partial charge in [0.05, 0.1) is 25.4 Å². The van der Waals surface area contributed by atoms with Crippen molar-refractivity contribution in [2.75, 3.05) is 24.5 Å². The summed E-state index contributed by atoms with van der Waals surface area (Å²) in [6, 6.07) is 6.28. The molecule has 0 bridgehead atoms. The fraction of sp³-hybridized carbons (Fsp3) is 0.471. The van der Waals surface area contributed by atoms with Crippen LogP contribution >= 0.6 is 11.6 Å². The van der Waals surface area contributed by atoms with Gasteiger partial charge in [0.2, 0.25) is 10.0 Å². The van der Waals surface area contributed by atoms with Crippen molar-refractivity contribution in [3.63, 3.8) is 0 Å². The zero-order valence-corrected chi connectivity index (χ0v) is 15.8. The van der Waals surface area contributed by atoms with Crippen molar-refractivity contribution < 1.29 is 27.4 Å². The van der Waals surface area contributed by atoms with Crippen LogP contribution in [0.25, 0.3) is 0 Å². The highest BCUT2D eigenvalue weighted by atomic mass is 35.5. The molecule has 0 radical (unpaired) electrons. The molecule has 0 aromatic heterocycles. The van der Waals surface area contributed by atoms with E-state index in [0.29, 0.717) is 30.3 Å². The lowest BCUT2D eigenvalue weighted by Gasteiger charge is -2.33. The summed E-state index contributed by atoms with van der Waals surface area (Å²) < 4.78 is 44.5. The smallest absolute Gasteiger partial charge is 0.335 e. The van der Waals surface area contributed by atoms with Crippen LogP contribution in [0.3, 0.4) is 0 Å². The summed E-state index contributed by atoms with van der Waals surface area (Å²) in [6.07, 6.45) is 1.96. The van der Waals surface area contributed by atoms with Gasteiger partial charge in [0, 0.05) is 17.1 Å². The maximum Gasteiger partial charge on any atom is 0.335 e. The summed E-state index contributed by atoms with van der Waals surface area (Å²) in [5.41, 5.74) is 0.396. The Labute approximate surface area is 157 Å². The highest BCUT2D eigenvalue weighted by molar-refractivity contribution is 7.93. The van der Waals surface area contributed by atoms with Gasteiger partial charge in [0.1, 0.15) is 5.25 Å². The van der Waals surface area contributed by atoms with E-state index in [-0.39, 0.29) is 18.6 Å². The number of hydrogen-bond acceptors (Lipinski definition) is 6. The Balaban J connectivity index is 1.90. The van der Waals surface area contributed by atoms with Crippen LogP contribution in [0, 0.1) is 0 Å². The second kappa shape index (κ2) is 7.56. The van der Waals surface area contributed by atoms with E-state index in [2.05, 4.69) is 4.72 Å². The van der Waals surface area contributed by atoms with E-state index < -0.39 is 27.0 Å². The van der Waals surface area contributed by atoms with Gasteiger partial charge in [0.25, 0.3) is 0 Å². The van der Waals surface area contributed by atoms with Crippen molar-refractivity contribution in [3.8, 4) is 0 Å². The largest absolute Gasteiger partial charge is 0.463 e. The number of hydrogen-bond donors (Lipinski definition) is 1. The molecule has 1 aliphatic carbocycles. The average molecular weight is 402 g/mol. The molecule has 1 aromatic carbocycles. The van der Waals surface area contributed by atoms with E-state index >= 15 is 0 Å². The number of benzene rings is 1. The first-order chi connectivity index (χ1) is 12.4.